The van der Waals surface area contributed by atoms with Crippen molar-refractivity contribution in [2.45, 2.75) is 6.54 Å². The average Bonchev–Trinajstić information content (AvgIpc) is 2.41. The van der Waals surface area contributed by atoms with Gasteiger partial charge in [0.1, 0.15) is 5.82 Å². The van der Waals surface area contributed by atoms with Crippen molar-refractivity contribution in [3.05, 3.63) is 68.9 Å². The molecule has 0 spiro atoms. The van der Waals surface area contributed by atoms with Gasteiger partial charge in [0.2, 0.25) is 0 Å². The molecule has 0 unspecified atom stereocenters. The molecule has 0 aliphatic carbocycles. The lowest BCUT2D eigenvalue weighted by atomic mass is 10.1. The van der Waals surface area contributed by atoms with Gasteiger partial charge in [-0.25, -0.2) is 4.39 Å². The van der Waals surface area contributed by atoms with Gasteiger partial charge in [0, 0.05) is 18.1 Å². The Bertz CT molecular complexity index is 648. The molecule has 2 aromatic rings. The molecule has 0 bridgehead atoms. The monoisotopic (exact) mass is 355 g/mol. The normalized spacial score (nSPS) is 10.4. The van der Waals surface area contributed by atoms with E-state index in [9.17, 15) is 9.18 Å². The van der Waals surface area contributed by atoms with Crippen molar-refractivity contribution < 1.29 is 9.18 Å². The fourth-order valence-corrected chi connectivity index (χ4v) is 2.51. The second kappa shape index (κ2) is 6.37. The van der Waals surface area contributed by atoms with Crippen LogP contribution in [-0.4, -0.2) is 17.9 Å². The number of hydrogen-bond donors (Lipinski definition) is 0. The lowest BCUT2D eigenvalue weighted by molar-refractivity contribution is 0.0785. The van der Waals surface area contributed by atoms with Gasteiger partial charge >= 0.3 is 0 Å². The van der Waals surface area contributed by atoms with Crippen molar-refractivity contribution in [3.8, 4) is 0 Å². The first-order valence-electron chi connectivity index (χ1n) is 5.93. The molecule has 0 heterocycles. The van der Waals surface area contributed by atoms with Crippen molar-refractivity contribution in [3.63, 3.8) is 0 Å². The highest BCUT2D eigenvalue weighted by molar-refractivity contribution is 9.10. The quantitative estimate of drug-likeness (QED) is 0.792. The van der Waals surface area contributed by atoms with E-state index in [1.165, 1.54) is 23.1 Å². The summed E-state index contributed by atoms with van der Waals surface area (Å²) < 4.78 is 14.3. The Kier molecular flexibility index (Phi) is 4.78. The molecule has 0 saturated heterocycles. The van der Waals surface area contributed by atoms with E-state index in [0.717, 1.165) is 10.0 Å². The minimum absolute atomic E-state index is 0.140. The second-order valence-electron chi connectivity index (χ2n) is 4.39. The van der Waals surface area contributed by atoms with Gasteiger partial charge in [0.25, 0.3) is 5.91 Å². The van der Waals surface area contributed by atoms with Gasteiger partial charge < -0.3 is 4.90 Å². The largest absolute Gasteiger partial charge is 0.337 e. The smallest absolute Gasteiger partial charge is 0.255 e. The van der Waals surface area contributed by atoms with Gasteiger partial charge in [0.05, 0.1) is 10.6 Å². The van der Waals surface area contributed by atoms with Crippen molar-refractivity contribution in [2.24, 2.45) is 0 Å². The summed E-state index contributed by atoms with van der Waals surface area (Å²) in [5, 5.41) is -0.140. The summed E-state index contributed by atoms with van der Waals surface area (Å²) in [6, 6.07) is 11.9. The minimum atomic E-state index is -0.589. The molecule has 1 amide bonds. The van der Waals surface area contributed by atoms with E-state index in [4.69, 9.17) is 11.6 Å². The van der Waals surface area contributed by atoms with Crippen LogP contribution in [0, 0.1) is 5.82 Å². The van der Waals surface area contributed by atoms with Crippen LogP contribution >= 0.6 is 27.5 Å². The van der Waals surface area contributed by atoms with Gasteiger partial charge in [-0.1, -0.05) is 45.7 Å². The van der Waals surface area contributed by atoms with Crippen molar-refractivity contribution in [2.75, 3.05) is 7.05 Å². The van der Waals surface area contributed by atoms with Crippen LogP contribution in [0.1, 0.15) is 15.9 Å². The zero-order chi connectivity index (χ0) is 14.7. The minimum Gasteiger partial charge on any atom is -0.337 e. The third-order valence-corrected chi connectivity index (χ3v) is 3.71. The van der Waals surface area contributed by atoms with Gasteiger partial charge in [0.15, 0.2) is 0 Å². The summed E-state index contributed by atoms with van der Waals surface area (Å²) >= 11 is 9.21. The summed E-state index contributed by atoms with van der Waals surface area (Å²) in [5.74, 6) is -0.900. The Balaban J connectivity index is 2.19. The Hall–Kier alpha value is -1.39. The second-order valence-corrected chi connectivity index (χ2v) is 5.69. The van der Waals surface area contributed by atoms with Gasteiger partial charge in [-0.2, -0.15) is 0 Å². The Morgan fingerprint density at radius 2 is 2.00 bits per heavy atom. The van der Waals surface area contributed by atoms with Crippen molar-refractivity contribution >= 4 is 33.4 Å². The van der Waals surface area contributed by atoms with Gasteiger partial charge in [-0.05, 0) is 29.8 Å². The molecule has 0 aliphatic heterocycles. The molecule has 0 aromatic heterocycles. The number of benzene rings is 2. The molecule has 20 heavy (non-hydrogen) atoms. The van der Waals surface area contributed by atoms with Crippen LogP contribution in [0.5, 0.6) is 0 Å². The van der Waals surface area contributed by atoms with Crippen LogP contribution in [0.3, 0.4) is 0 Å². The SMILES string of the molecule is CN(Cc1cccc(Br)c1)C(=O)c1cccc(F)c1Cl. The van der Waals surface area contributed by atoms with E-state index in [1.807, 2.05) is 24.3 Å². The molecule has 104 valence electrons. The van der Waals surface area contributed by atoms with Gasteiger partial charge in [-0.15, -0.1) is 0 Å². The van der Waals surface area contributed by atoms with Crippen LogP contribution in [0.2, 0.25) is 5.02 Å². The highest BCUT2D eigenvalue weighted by Gasteiger charge is 2.17. The van der Waals surface area contributed by atoms with E-state index in [0.29, 0.717) is 6.54 Å². The maximum atomic E-state index is 13.4. The summed E-state index contributed by atoms with van der Waals surface area (Å²) in [7, 11) is 1.66. The number of hydrogen-bond acceptors (Lipinski definition) is 1. The average molecular weight is 357 g/mol. The maximum Gasteiger partial charge on any atom is 0.255 e. The molecular weight excluding hydrogens is 345 g/mol. The molecule has 0 fully saturated rings. The van der Waals surface area contributed by atoms with E-state index < -0.39 is 5.82 Å². The Morgan fingerprint density at radius 3 is 2.70 bits per heavy atom. The fraction of sp³-hybridized carbons (Fsp3) is 0.133. The number of rotatable bonds is 3. The molecule has 5 heteroatoms. The van der Waals surface area contributed by atoms with Gasteiger partial charge in [-0.3, -0.25) is 4.79 Å². The molecule has 2 aromatic carbocycles. The summed E-state index contributed by atoms with van der Waals surface area (Å²) in [5.41, 5.74) is 1.15. The first kappa shape index (κ1) is 15.0. The molecular formula is C15H12BrClFNO. The predicted octanol–water partition coefficient (Wildman–Crippen LogP) is 4.51. The third-order valence-electron chi connectivity index (χ3n) is 2.84. The van der Waals surface area contributed by atoms with E-state index in [1.54, 1.807) is 7.05 Å². The van der Waals surface area contributed by atoms with Crippen LogP contribution in [-0.2, 0) is 6.54 Å². The summed E-state index contributed by atoms with van der Waals surface area (Å²) in [4.78, 5) is 13.8. The maximum absolute atomic E-state index is 13.4. The van der Waals surface area contributed by atoms with Crippen molar-refractivity contribution in [1.29, 1.82) is 0 Å². The van der Waals surface area contributed by atoms with E-state index in [-0.39, 0.29) is 16.5 Å². The Labute approximate surface area is 130 Å². The number of halogens is 3. The van der Waals surface area contributed by atoms with Crippen LogP contribution in [0.4, 0.5) is 4.39 Å². The van der Waals surface area contributed by atoms with Crippen LogP contribution < -0.4 is 0 Å². The van der Waals surface area contributed by atoms with Crippen LogP contribution in [0.15, 0.2) is 46.9 Å². The molecule has 0 radical (unpaired) electrons. The standard InChI is InChI=1S/C15H12BrClFNO/c1-19(9-10-4-2-5-11(16)8-10)15(20)12-6-3-7-13(18)14(12)17/h2-8H,9H2,1H3. The number of carbonyl (C=O) groups excluding carboxylic acids is 1. The van der Waals surface area contributed by atoms with Crippen LogP contribution in [0.25, 0.3) is 0 Å². The molecule has 2 nitrogen and oxygen atoms in total. The van der Waals surface area contributed by atoms with Crippen molar-refractivity contribution in [1.82, 2.24) is 4.90 Å². The molecule has 2 rings (SSSR count). The summed E-state index contributed by atoms with van der Waals surface area (Å²) in [6.45, 7) is 0.422. The lowest BCUT2D eigenvalue weighted by Crippen LogP contribution is -2.26. The third kappa shape index (κ3) is 3.38. The molecule has 0 saturated carbocycles. The first-order chi connectivity index (χ1) is 9.49. The molecule has 0 aliphatic rings. The highest BCUT2D eigenvalue weighted by Crippen LogP contribution is 2.21. The molecule has 0 atom stereocenters. The number of nitrogens with zero attached hydrogens (tertiary/aromatic N) is 1. The topological polar surface area (TPSA) is 20.3 Å². The zero-order valence-electron chi connectivity index (χ0n) is 10.7. The highest BCUT2D eigenvalue weighted by atomic mass is 79.9. The summed E-state index contributed by atoms with van der Waals surface area (Å²) in [6.07, 6.45) is 0. The first-order valence-corrected chi connectivity index (χ1v) is 7.10. The Morgan fingerprint density at radius 1 is 1.30 bits per heavy atom. The number of amides is 1. The number of carbonyl (C=O) groups is 1. The lowest BCUT2D eigenvalue weighted by Gasteiger charge is -2.18. The fourth-order valence-electron chi connectivity index (χ4n) is 1.86. The van der Waals surface area contributed by atoms with E-state index >= 15 is 0 Å². The zero-order valence-corrected chi connectivity index (χ0v) is 13.1. The predicted molar refractivity (Wildman–Crippen MR) is 81.3 cm³/mol. The van der Waals surface area contributed by atoms with E-state index in [2.05, 4.69) is 15.9 Å². The molecule has 0 N–H and O–H groups in total.